The molecule has 210 valence electrons. The van der Waals surface area contributed by atoms with E-state index in [0.29, 0.717) is 31.6 Å². The fourth-order valence-corrected chi connectivity index (χ4v) is 3.81. The minimum atomic E-state index is -0.558. The third-order valence-corrected chi connectivity index (χ3v) is 5.67. The average molecular weight is 543 g/mol. The van der Waals surface area contributed by atoms with E-state index in [2.05, 4.69) is 21.3 Å². The van der Waals surface area contributed by atoms with E-state index in [1.807, 2.05) is 84.9 Å². The Morgan fingerprint density at radius 2 is 1.40 bits per heavy atom. The number of carbonyl (C=O) groups excluding carboxylic acids is 3. The van der Waals surface area contributed by atoms with Crippen molar-refractivity contribution in [2.24, 2.45) is 0 Å². The van der Waals surface area contributed by atoms with Gasteiger partial charge in [0.05, 0.1) is 6.04 Å². The molecule has 0 spiro atoms. The molecule has 0 fully saturated rings. The number of benzene rings is 3. The van der Waals surface area contributed by atoms with Crippen LogP contribution in [0.2, 0.25) is 0 Å². The van der Waals surface area contributed by atoms with Crippen molar-refractivity contribution in [3.05, 3.63) is 103 Å². The minimum Gasteiger partial charge on any atom is -0.444 e. The summed E-state index contributed by atoms with van der Waals surface area (Å²) in [6, 6.07) is 26.6. The predicted octanol–water partition coefficient (Wildman–Crippen LogP) is 5.67. The molecule has 4 N–H and O–H groups in total. The van der Waals surface area contributed by atoms with E-state index < -0.39 is 17.7 Å². The lowest BCUT2D eigenvalue weighted by molar-refractivity contribution is -0.116. The lowest BCUT2D eigenvalue weighted by atomic mass is 10.1. The number of carbonyl (C=O) groups is 3. The fourth-order valence-electron chi connectivity index (χ4n) is 3.81. The van der Waals surface area contributed by atoms with Crippen molar-refractivity contribution in [1.82, 2.24) is 16.0 Å². The molecule has 0 aliphatic carbocycles. The normalized spacial score (nSPS) is 11.9. The molecule has 4 amide bonds. The second-order valence-corrected chi connectivity index (χ2v) is 10.3. The zero-order valence-electron chi connectivity index (χ0n) is 23.3. The van der Waals surface area contributed by atoms with Crippen molar-refractivity contribution < 1.29 is 19.1 Å². The summed E-state index contributed by atoms with van der Waals surface area (Å²) in [5.74, 6) is -0.283. The van der Waals surface area contributed by atoms with Gasteiger partial charge in [-0.05, 0) is 62.4 Å². The van der Waals surface area contributed by atoms with Crippen molar-refractivity contribution in [3.8, 4) is 11.1 Å². The highest BCUT2D eigenvalue weighted by Gasteiger charge is 2.15. The molecular weight excluding hydrogens is 504 g/mol. The Balaban J connectivity index is 1.50. The van der Waals surface area contributed by atoms with Crippen molar-refractivity contribution in [3.63, 3.8) is 0 Å². The number of nitrogens with one attached hydrogen (secondary N) is 4. The highest BCUT2D eigenvalue weighted by atomic mass is 16.6. The minimum absolute atomic E-state index is 0.283. The van der Waals surface area contributed by atoms with Gasteiger partial charge in [0.25, 0.3) is 0 Å². The number of ether oxygens (including phenoxy) is 1. The van der Waals surface area contributed by atoms with E-state index in [4.69, 9.17) is 4.74 Å². The van der Waals surface area contributed by atoms with Crippen LogP contribution in [0.5, 0.6) is 0 Å². The van der Waals surface area contributed by atoms with Gasteiger partial charge in [-0.2, -0.15) is 0 Å². The Hall–Kier alpha value is -4.59. The molecule has 0 bridgehead atoms. The smallest absolute Gasteiger partial charge is 0.407 e. The van der Waals surface area contributed by atoms with Gasteiger partial charge in [-0.25, -0.2) is 9.59 Å². The number of rotatable bonds is 11. The molecule has 0 saturated carbocycles. The number of hydrogen-bond acceptors (Lipinski definition) is 4. The average Bonchev–Trinajstić information content (AvgIpc) is 2.92. The fraction of sp³-hybridized carbons (Fsp3) is 0.281. The van der Waals surface area contributed by atoms with Crippen LogP contribution in [-0.2, 0) is 16.0 Å². The van der Waals surface area contributed by atoms with E-state index in [0.717, 1.165) is 16.7 Å². The van der Waals surface area contributed by atoms with Gasteiger partial charge in [-0.1, -0.05) is 78.9 Å². The van der Waals surface area contributed by atoms with Crippen LogP contribution in [0.15, 0.2) is 97.1 Å². The van der Waals surface area contributed by atoms with Gasteiger partial charge in [0, 0.05) is 24.9 Å². The summed E-state index contributed by atoms with van der Waals surface area (Å²) in [5, 5.41) is 11.3. The van der Waals surface area contributed by atoms with Gasteiger partial charge >= 0.3 is 12.1 Å². The van der Waals surface area contributed by atoms with Gasteiger partial charge in [0.15, 0.2) is 0 Å². The molecule has 0 aromatic heterocycles. The van der Waals surface area contributed by atoms with Crippen LogP contribution >= 0.6 is 0 Å². The SMILES string of the molecule is CC(C)(C)OC(=O)NCCCNC(=O)C=C[C@H](Cc1ccccc1)NC(=O)Nc1ccc(-c2ccccc2)cc1. The van der Waals surface area contributed by atoms with Gasteiger partial charge < -0.3 is 26.0 Å². The zero-order valence-corrected chi connectivity index (χ0v) is 23.3. The molecule has 8 heteroatoms. The number of hydrogen-bond donors (Lipinski definition) is 4. The van der Waals surface area contributed by atoms with Gasteiger partial charge in [0.1, 0.15) is 5.60 Å². The monoisotopic (exact) mass is 542 g/mol. The van der Waals surface area contributed by atoms with Crippen molar-refractivity contribution in [1.29, 1.82) is 0 Å². The number of anilines is 1. The molecular formula is C32H38N4O4. The Bertz CT molecular complexity index is 1250. The quantitative estimate of drug-likeness (QED) is 0.185. The topological polar surface area (TPSA) is 109 Å². The summed E-state index contributed by atoms with van der Waals surface area (Å²) >= 11 is 0. The van der Waals surface area contributed by atoms with E-state index >= 15 is 0 Å². The van der Waals surface area contributed by atoms with Gasteiger partial charge in [0.2, 0.25) is 5.91 Å². The van der Waals surface area contributed by atoms with E-state index in [1.165, 1.54) is 6.08 Å². The molecule has 0 heterocycles. The first-order chi connectivity index (χ1) is 19.2. The highest BCUT2D eigenvalue weighted by Crippen LogP contribution is 2.21. The highest BCUT2D eigenvalue weighted by molar-refractivity contribution is 5.90. The lowest BCUT2D eigenvalue weighted by Gasteiger charge is -2.19. The summed E-state index contributed by atoms with van der Waals surface area (Å²) in [6.45, 7) is 6.16. The third-order valence-electron chi connectivity index (χ3n) is 5.67. The first-order valence-corrected chi connectivity index (χ1v) is 13.4. The van der Waals surface area contributed by atoms with Crippen molar-refractivity contribution >= 4 is 23.7 Å². The maximum absolute atomic E-state index is 12.8. The third kappa shape index (κ3) is 11.4. The molecule has 3 aromatic carbocycles. The van der Waals surface area contributed by atoms with E-state index in [1.54, 1.807) is 26.8 Å². The Morgan fingerprint density at radius 1 is 0.800 bits per heavy atom. The van der Waals surface area contributed by atoms with Crippen LogP contribution in [0, 0.1) is 0 Å². The summed E-state index contributed by atoms with van der Waals surface area (Å²) in [6.07, 6.45) is 3.68. The second-order valence-electron chi connectivity index (χ2n) is 10.3. The van der Waals surface area contributed by atoms with Crippen LogP contribution in [0.3, 0.4) is 0 Å². The van der Waals surface area contributed by atoms with Gasteiger partial charge in [-0.3, -0.25) is 4.79 Å². The lowest BCUT2D eigenvalue weighted by Crippen LogP contribution is -2.38. The van der Waals surface area contributed by atoms with Gasteiger partial charge in [-0.15, -0.1) is 0 Å². The second kappa shape index (κ2) is 15.1. The molecule has 0 saturated heterocycles. The maximum Gasteiger partial charge on any atom is 0.407 e. The number of alkyl carbamates (subject to hydrolysis) is 1. The van der Waals surface area contributed by atoms with Crippen LogP contribution in [0.25, 0.3) is 11.1 Å². The number of amides is 4. The Labute approximate surface area is 236 Å². The molecule has 3 aromatic rings. The largest absolute Gasteiger partial charge is 0.444 e. The van der Waals surface area contributed by atoms with Crippen LogP contribution < -0.4 is 21.3 Å². The molecule has 0 aliphatic rings. The molecule has 1 atom stereocenters. The van der Waals surface area contributed by atoms with Crippen molar-refractivity contribution in [2.45, 2.75) is 45.3 Å². The first-order valence-electron chi connectivity index (χ1n) is 13.4. The standard InChI is InChI=1S/C32H38N4O4/c1-32(2,3)40-31(39)34-22-10-21-33-29(37)20-19-28(23-24-11-6-4-7-12-24)36-30(38)35-27-17-15-26(16-18-27)25-13-8-5-9-14-25/h4-9,11-20,28H,10,21-23H2,1-3H3,(H,33,37)(H,34,39)(H2,35,36,38)/t28-/m1/s1. The van der Waals surface area contributed by atoms with Crippen LogP contribution in [-0.4, -0.2) is 42.8 Å². The summed E-state index contributed by atoms with van der Waals surface area (Å²) in [4.78, 5) is 36.9. The number of urea groups is 1. The molecule has 0 radical (unpaired) electrons. The predicted molar refractivity (Wildman–Crippen MR) is 159 cm³/mol. The maximum atomic E-state index is 12.8. The van der Waals surface area contributed by atoms with Crippen LogP contribution in [0.1, 0.15) is 32.8 Å². The first kappa shape index (κ1) is 30.0. The Morgan fingerprint density at radius 3 is 2.05 bits per heavy atom. The Kier molecular flexibility index (Phi) is 11.3. The van der Waals surface area contributed by atoms with Crippen LogP contribution in [0.4, 0.5) is 15.3 Å². The molecule has 3 rings (SSSR count). The van der Waals surface area contributed by atoms with E-state index in [-0.39, 0.29) is 11.9 Å². The molecule has 8 nitrogen and oxygen atoms in total. The zero-order chi connectivity index (χ0) is 28.8. The summed E-state index contributed by atoms with van der Waals surface area (Å²) in [7, 11) is 0. The summed E-state index contributed by atoms with van der Waals surface area (Å²) in [5.41, 5.74) is 3.29. The van der Waals surface area contributed by atoms with E-state index in [9.17, 15) is 14.4 Å². The summed E-state index contributed by atoms with van der Waals surface area (Å²) < 4.78 is 5.18. The van der Waals surface area contributed by atoms with Crippen molar-refractivity contribution in [2.75, 3.05) is 18.4 Å². The molecule has 0 unspecified atom stereocenters. The molecule has 0 aliphatic heterocycles. The molecule has 40 heavy (non-hydrogen) atoms.